The van der Waals surface area contributed by atoms with Crippen LogP contribution in [0, 0.1) is 5.41 Å². The van der Waals surface area contributed by atoms with Crippen LogP contribution in [0.15, 0.2) is 66.7 Å². The number of pyridine rings is 1. The van der Waals surface area contributed by atoms with Crippen LogP contribution in [0.4, 0.5) is 5.69 Å². The Bertz CT molecular complexity index is 908. The Labute approximate surface area is 172 Å². The monoisotopic (exact) mass is 388 g/mol. The zero-order chi connectivity index (χ0) is 21.1. The van der Waals surface area contributed by atoms with Gasteiger partial charge in [-0.15, -0.1) is 0 Å². The van der Waals surface area contributed by atoms with Gasteiger partial charge < -0.3 is 21.3 Å². The number of likely N-dealkylation sites (tertiary alicyclic amines) is 1. The molecule has 0 aromatic carbocycles. The van der Waals surface area contributed by atoms with Crippen molar-refractivity contribution in [3.05, 3.63) is 66.7 Å². The zero-order valence-electron chi connectivity index (χ0n) is 16.3. The van der Waals surface area contributed by atoms with Gasteiger partial charge in [0, 0.05) is 48.3 Å². The summed E-state index contributed by atoms with van der Waals surface area (Å²) in [6, 6.07) is 4.38. The summed E-state index contributed by atoms with van der Waals surface area (Å²) in [5.41, 5.74) is 14.5. The molecule has 1 aromatic rings. The normalized spacial score (nSPS) is 22.1. The number of carbonyl (C=O) groups is 1. The smallest absolute Gasteiger partial charge is 0.187 e. The largest absolute Gasteiger partial charge is 0.398 e. The minimum Gasteiger partial charge on any atom is -0.398 e. The molecule has 0 aliphatic carbocycles. The van der Waals surface area contributed by atoms with Crippen molar-refractivity contribution in [2.24, 2.45) is 11.5 Å². The maximum atomic E-state index is 12.0. The number of fused-ring (bicyclic) bond motifs is 2. The van der Waals surface area contributed by atoms with Gasteiger partial charge in [0.1, 0.15) is 13.7 Å². The molecule has 3 rings (SSSR count). The highest BCUT2D eigenvalue weighted by Crippen LogP contribution is 2.35. The Morgan fingerprint density at radius 2 is 1.90 bits per heavy atom. The Kier molecular flexibility index (Phi) is 5.91. The van der Waals surface area contributed by atoms with Crippen LogP contribution in [0.5, 0.6) is 0 Å². The van der Waals surface area contributed by atoms with Gasteiger partial charge in [-0.2, -0.15) is 0 Å². The van der Waals surface area contributed by atoms with Gasteiger partial charge in [-0.3, -0.25) is 15.2 Å². The van der Waals surface area contributed by atoms with Gasteiger partial charge in [0.05, 0.1) is 5.70 Å². The molecular formula is C21H25BN6O. The van der Waals surface area contributed by atoms with Gasteiger partial charge in [-0.05, 0) is 42.7 Å². The van der Waals surface area contributed by atoms with Gasteiger partial charge in [-0.1, -0.05) is 19.2 Å². The van der Waals surface area contributed by atoms with Crippen molar-refractivity contribution in [1.29, 1.82) is 5.41 Å². The lowest BCUT2D eigenvalue weighted by atomic mass is 10.0. The average molecular weight is 388 g/mol. The molecule has 2 radical (unpaired) electrons. The molecule has 2 unspecified atom stereocenters. The average Bonchev–Trinajstić information content (AvgIpc) is 2.96. The van der Waals surface area contributed by atoms with E-state index in [0.717, 1.165) is 18.5 Å². The summed E-state index contributed by atoms with van der Waals surface area (Å²) in [5.74, 6) is -0.416. The van der Waals surface area contributed by atoms with Gasteiger partial charge in [0.2, 0.25) is 0 Å². The fourth-order valence-electron chi connectivity index (χ4n) is 4.15. The number of aromatic nitrogens is 1. The van der Waals surface area contributed by atoms with Crippen LogP contribution >= 0.6 is 0 Å². The number of amidine groups is 1. The molecule has 2 saturated heterocycles. The molecule has 29 heavy (non-hydrogen) atoms. The third kappa shape index (κ3) is 4.11. The molecular weight excluding hydrogens is 363 g/mol. The lowest BCUT2D eigenvalue weighted by Gasteiger charge is -2.44. The fourth-order valence-corrected chi connectivity index (χ4v) is 4.15. The summed E-state index contributed by atoms with van der Waals surface area (Å²) in [7, 11) is 5.86. The molecule has 8 heteroatoms. The van der Waals surface area contributed by atoms with Gasteiger partial charge in [0.15, 0.2) is 5.78 Å². The Hall–Kier alpha value is -3.29. The highest BCUT2D eigenvalue weighted by Gasteiger charge is 2.40. The maximum absolute atomic E-state index is 12.0. The number of nitrogens with two attached hydrogens (primary N) is 2. The molecule has 7 nitrogen and oxygen atoms in total. The summed E-state index contributed by atoms with van der Waals surface area (Å²) in [6.45, 7) is 8.51. The van der Waals surface area contributed by atoms with Crippen molar-refractivity contribution >= 4 is 30.7 Å². The second-order valence-corrected chi connectivity index (χ2v) is 7.22. The van der Waals surface area contributed by atoms with Crippen LogP contribution in [-0.4, -0.2) is 54.5 Å². The van der Waals surface area contributed by atoms with E-state index in [0.29, 0.717) is 24.4 Å². The minimum absolute atomic E-state index is 0.0941. The number of carbonyl (C=O) groups excluding carboxylic acids is 1. The fraction of sp³-hybridized carbons (Fsp3) is 0.286. The van der Waals surface area contributed by atoms with Crippen molar-refractivity contribution in [2.75, 3.05) is 18.0 Å². The van der Waals surface area contributed by atoms with E-state index in [1.54, 1.807) is 12.3 Å². The summed E-state index contributed by atoms with van der Waals surface area (Å²) < 4.78 is 0. The molecule has 2 aliphatic heterocycles. The van der Waals surface area contributed by atoms with E-state index >= 15 is 0 Å². The summed E-state index contributed by atoms with van der Waals surface area (Å²) in [6.07, 6.45) is 7.95. The number of nitrogens with one attached hydrogen (secondary N) is 1. The summed E-state index contributed by atoms with van der Waals surface area (Å²) in [4.78, 5) is 20.5. The topological polar surface area (TPSA) is 112 Å². The van der Waals surface area contributed by atoms with E-state index in [1.165, 1.54) is 12.2 Å². The lowest BCUT2D eigenvalue weighted by molar-refractivity contribution is -0.111. The number of piperazine rings is 1. The molecule has 148 valence electrons. The molecule has 3 heterocycles. The Morgan fingerprint density at radius 3 is 2.41 bits per heavy atom. The van der Waals surface area contributed by atoms with Crippen LogP contribution in [-0.2, 0) is 4.79 Å². The highest BCUT2D eigenvalue weighted by atomic mass is 16.1. The van der Waals surface area contributed by atoms with Crippen LogP contribution in [0.25, 0.3) is 0 Å². The van der Waals surface area contributed by atoms with E-state index in [-0.39, 0.29) is 35.0 Å². The van der Waals surface area contributed by atoms with Crippen LogP contribution in [0.2, 0.25) is 0 Å². The number of ketones is 1. The number of allylic oxidation sites excluding steroid dienone is 4. The minimum atomic E-state index is -0.322. The predicted molar refractivity (Wildman–Crippen MR) is 117 cm³/mol. The second kappa shape index (κ2) is 8.38. The van der Waals surface area contributed by atoms with Gasteiger partial charge >= 0.3 is 0 Å². The van der Waals surface area contributed by atoms with Gasteiger partial charge in [-0.25, -0.2) is 0 Å². The number of nitrogens with zero attached hydrogens (tertiary/aromatic N) is 3. The lowest BCUT2D eigenvalue weighted by Crippen LogP contribution is -2.54. The standard InChI is InChI=1S/C21H25BN6O/c1-3-16(19(29)4-2)17(23)10-18(21(24)25)27-11-14-5-6-15(12-27)28(14)13-7-8-26-20(22)9-13/h3-4,7-10,14-15H,1-2,5-6,11-12,23H2,(H3,24,25)/b17-16-,18-10+. The molecule has 2 aliphatic rings. The predicted octanol–water partition coefficient (Wildman–Crippen LogP) is 0.502. The maximum Gasteiger partial charge on any atom is 0.187 e. The third-order valence-electron chi connectivity index (χ3n) is 5.42. The van der Waals surface area contributed by atoms with Gasteiger partial charge in [0.25, 0.3) is 0 Å². The molecule has 1 aromatic heterocycles. The molecule has 0 spiro atoms. The van der Waals surface area contributed by atoms with Crippen molar-refractivity contribution in [3.8, 4) is 0 Å². The quantitative estimate of drug-likeness (QED) is 0.206. The zero-order valence-corrected chi connectivity index (χ0v) is 16.3. The van der Waals surface area contributed by atoms with E-state index < -0.39 is 0 Å². The van der Waals surface area contributed by atoms with Crippen molar-refractivity contribution in [2.45, 2.75) is 24.9 Å². The number of rotatable bonds is 7. The SMILES string of the molecule is [B]c1cc(N2C3CCC2CN(/C(=C/C(N)=C(\C=C)C(=O)C=C)C(=N)N)C3)ccn1. The third-order valence-corrected chi connectivity index (χ3v) is 5.42. The first-order valence-electron chi connectivity index (χ1n) is 9.45. The van der Waals surface area contributed by atoms with Crippen molar-refractivity contribution in [1.82, 2.24) is 9.88 Å². The first kappa shape index (κ1) is 20.4. The molecule has 0 amide bonds. The van der Waals surface area contributed by atoms with E-state index in [4.69, 9.17) is 24.7 Å². The molecule has 2 fully saturated rings. The highest BCUT2D eigenvalue weighted by molar-refractivity contribution is 6.30. The molecule has 0 saturated carbocycles. The molecule has 2 atom stereocenters. The first-order valence-corrected chi connectivity index (χ1v) is 9.45. The number of hydrogen-bond acceptors (Lipinski definition) is 6. The van der Waals surface area contributed by atoms with Crippen LogP contribution < -0.4 is 22.0 Å². The number of hydrogen-bond donors (Lipinski definition) is 3. The van der Waals surface area contributed by atoms with Crippen LogP contribution in [0.3, 0.4) is 0 Å². The molecule has 5 N–H and O–H groups in total. The van der Waals surface area contributed by atoms with E-state index in [2.05, 4.69) is 27.9 Å². The molecule has 2 bridgehead atoms. The summed E-state index contributed by atoms with van der Waals surface area (Å²) in [5, 5.41) is 8.05. The Balaban J connectivity index is 1.89. The Morgan fingerprint density at radius 1 is 1.24 bits per heavy atom. The summed E-state index contributed by atoms with van der Waals surface area (Å²) >= 11 is 0. The first-order chi connectivity index (χ1) is 13.8. The van der Waals surface area contributed by atoms with E-state index in [1.807, 2.05) is 12.1 Å². The van der Waals surface area contributed by atoms with E-state index in [9.17, 15) is 4.79 Å². The van der Waals surface area contributed by atoms with Crippen molar-refractivity contribution in [3.63, 3.8) is 0 Å². The number of anilines is 1. The van der Waals surface area contributed by atoms with Crippen molar-refractivity contribution < 1.29 is 4.79 Å². The van der Waals surface area contributed by atoms with Crippen LogP contribution in [0.1, 0.15) is 12.8 Å². The second-order valence-electron chi connectivity index (χ2n) is 7.22.